The summed E-state index contributed by atoms with van der Waals surface area (Å²) in [6.07, 6.45) is 2.01. The Balaban J connectivity index is 4.70. The van der Waals surface area contributed by atoms with Crippen LogP contribution in [-0.4, -0.2) is 5.91 Å². The van der Waals surface area contributed by atoms with Crippen molar-refractivity contribution >= 4 is 5.91 Å². The lowest BCUT2D eigenvalue weighted by atomic mass is 9.69. The van der Waals surface area contributed by atoms with Gasteiger partial charge in [0.2, 0.25) is 5.91 Å². The molecule has 0 aliphatic rings. The van der Waals surface area contributed by atoms with Crippen molar-refractivity contribution in [3.8, 4) is 0 Å². The molecule has 0 rings (SSSR count). The van der Waals surface area contributed by atoms with Crippen LogP contribution in [0.4, 0.5) is 0 Å². The Hall–Kier alpha value is -0.530. The summed E-state index contributed by atoms with van der Waals surface area (Å²) >= 11 is 0. The van der Waals surface area contributed by atoms with Crippen molar-refractivity contribution in [2.75, 3.05) is 0 Å². The number of hydrogen-bond acceptors (Lipinski definition) is 1. The van der Waals surface area contributed by atoms with Gasteiger partial charge in [0, 0.05) is 5.92 Å². The van der Waals surface area contributed by atoms with E-state index < -0.39 is 0 Å². The van der Waals surface area contributed by atoms with Gasteiger partial charge in [-0.15, -0.1) is 0 Å². The highest BCUT2D eigenvalue weighted by Gasteiger charge is 2.35. The summed E-state index contributed by atoms with van der Waals surface area (Å²) in [5.74, 6) is 0.453. The van der Waals surface area contributed by atoms with Crippen molar-refractivity contribution in [1.82, 2.24) is 0 Å². The molecule has 0 spiro atoms. The van der Waals surface area contributed by atoms with Gasteiger partial charge in [0.25, 0.3) is 0 Å². The minimum Gasteiger partial charge on any atom is -0.369 e. The van der Waals surface area contributed by atoms with Crippen LogP contribution < -0.4 is 5.73 Å². The van der Waals surface area contributed by atoms with Crippen molar-refractivity contribution < 1.29 is 4.79 Å². The Morgan fingerprint density at radius 3 is 1.75 bits per heavy atom. The maximum atomic E-state index is 11.5. The molecule has 0 aliphatic heterocycles. The maximum absolute atomic E-state index is 11.5. The van der Waals surface area contributed by atoms with Crippen LogP contribution in [-0.2, 0) is 4.79 Å². The van der Waals surface area contributed by atoms with Gasteiger partial charge >= 0.3 is 0 Å². The van der Waals surface area contributed by atoms with E-state index in [9.17, 15) is 4.79 Å². The minimum atomic E-state index is -0.163. The van der Waals surface area contributed by atoms with E-state index in [-0.39, 0.29) is 22.7 Å². The summed E-state index contributed by atoms with van der Waals surface area (Å²) in [5.41, 5.74) is 5.66. The third-order valence-corrected chi connectivity index (χ3v) is 3.11. The standard InChI is InChI=1S/C14H29NO/c1-10(2)8-14(6,7)9-11(12(15)16)13(3,4)5/h10-11H,8-9H2,1-7H3,(H2,15,16). The van der Waals surface area contributed by atoms with Crippen molar-refractivity contribution in [2.24, 2.45) is 28.4 Å². The lowest BCUT2D eigenvalue weighted by Gasteiger charge is -2.36. The first kappa shape index (κ1) is 15.5. The summed E-state index contributed by atoms with van der Waals surface area (Å²) in [6.45, 7) is 15.2. The smallest absolute Gasteiger partial charge is 0.221 e. The minimum absolute atomic E-state index is 0.0405. The Morgan fingerprint density at radius 2 is 1.50 bits per heavy atom. The molecular weight excluding hydrogens is 198 g/mol. The summed E-state index contributed by atoms with van der Waals surface area (Å²) in [7, 11) is 0. The maximum Gasteiger partial charge on any atom is 0.221 e. The van der Waals surface area contributed by atoms with Crippen LogP contribution in [0.15, 0.2) is 0 Å². The van der Waals surface area contributed by atoms with Gasteiger partial charge in [-0.1, -0.05) is 48.5 Å². The molecule has 96 valence electrons. The number of rotatable bonds is 5. The zero-order chi connectivity index (χ0) is 13.1. The fraction of sp³-hybridized carbons (Fsp3) is 0.929. The first-order chi connectivity index (χ1) is 6.96. The van der Waals surface area contributed by atoms with Crippen LogP contribution in [0.2, 0.25) is 0 Å². The number of carbonyl (C=O) groups excluding carboxylic acids is 1. The largest absolute Gasteiger partial charge is 0.369 e. The predicted molar refractivity (Wildman–Crippen MR) is 70.0 cm³/mol. The quantitative estimate of drug-likeness (QED) is 0.766. The molecule has 0 fully saturated rings. The van der Waals surface area contributed by atoms with Gasteiger partial charge in [-0.05, 0) is 29.6 Å². The highest BCUT2D eigenvalue weighted by Crippen LogP contribution is 2.39. The highest BCUT2D eigenvalue weighted by molar-refractivity contribution is 5.77. The van der Waals surface area contributed by atoms with Gasteiger partial charge in [0.1, 0.15) is 0 Å². The number of nitrogens with two attached hydrogens (primary N) is 1. The monoisotopic (exact) mass is 227 g/mol. The molecule has 2 N–H and O–H groups in total. The second-order valence-electron chi connectivity index (χ2n) is 7.29. The fourth-order valence-electron chi connectivity index (χ4n) is 2.57. The fourth-order valence-corrected chi connectivity index (χ4v) is 2.57. The Bertz CT molecular complexity index is 236. The van der Waals surface area contributed by atoms with E-state index in [1.807, 2.05) is 0 Å². The molecule has 0 saturated carbocycles. The molecule has 2 heteroatoms. The molecule has 1 unspecified atom stereocenters. The summed E-state index contributed by atoms with van der Waals surface area (Å²) < 4.78 is 0. The molecule has 0 aromatic carbocycles. The van der Waals surface area contributed by atoms with Gasteiger partial charge in [0.05, 0.1) is 0 Å². The van der Waals surface area contributed by atoms with Gasteiger partial charge in [-0.25, -0.2) is 0 Å². The van der Waals surface area contributed by atoms with Gasteiger partial charge in [-0.2, -0.15) is 0 Å². The van der Waals surface area contributed by atoms with Crippen molar-refractivity contribution in [3.05, 3.63) is 0 Å². The Kier molecular flexibility index (Phi) is 5.03. The van der Waals surface area contributed by atoms with E-state index in [0.717, 1.165) is 12.8 Å². The lowest BCUT2D eigenvalue weighted by molar-refractivity contribution is -0.126. The van der Waals surface area contributed by atoms with E-state index in [1.54, 1.807) is 0 Å². The number of primary amides is 1. The van der Waals surface area contributed by atoms with E-state index >= 15 is 0 Å². The summed E-state index contributed by atoms with van der Waals surface area (Å²) in [6, 6.07) is 0. The SMILES string of the molecule is CC(C)CC(C)(C)CC(C(N)=O)C(C)(C)C. The van der Waals surface area contributed by atoms with Gasteiger partial charge in [0.15, 0.2) is 0 Å². The number of carbonyl (C=O) groups is 1. The number of hydrogen-bond donors (Lipinski definition) is 1. The third kappa shape index (κ3) is 5.53. The number of amides is 1. The Morgan fingerprint density at radius 1 is 1.06 bits per heavy atom. The zero-order valence-corrected chi connectivity index (χ0v) is 12.1. The molecule has 0 saturated heterocycles. The van der Waals surface area contributed by atoms with E-state index in [0.29, 0.717) is 5.92 Å². The molecule has 1 atom stereocenters. The van der Waals surface area contributed by atoms with E-state index in [1.165, 1.54) is 0 Å². The van der Waals surface area contributed by atoms with Crippen LogP contribution in [0, 0.1) is 22.7 Å². The second-order valence-corrected chi connectivity index (χ2v) is 7.29. The van der Waals surface area contributed by atoms with Crippen molar-refractivity contribution in [2.45, 2.75) is 61.3 Å². The van der Waals surface area contributed by atoms with Crippen molar-refractivity contribution in [3.63, 3.8) is 0 Å². The average Bonchev–Trinajstić information content (AvgIpc) is 1.94. The Labute approximate surface area is 101 Å². The molecule has 0 aliphatic carbocycles. The third-order valence-electron chi connectivity index (χ3n) is 3.11. The van der Waals surface area contributed by atoms with E-state index in [2.05, 4.69) is 48.5 Å². The lowest BCUT2D eigenvalue weighted by Crippen LogP contribution is -2.37. The zero-order valence-electron chi connectivity index (χ0n) is 12.1. The molecule has 0 radical (unpaired) electrons. The van der Waals surface area contributed by atoms with Gasteiger partial charge < -0.3 is 5.73 Å². The first-order valence-electron chi connectivity index (χ1n) is 6.25. The molecule has 2 nitrogen and oxygen atoms in total. The molecule has 0 aromatic rings. The summed E-state index contributed by atoms with van der Waals surface area (Å²) in [5, 5.41) is 0. The topological polar surface area (TPSA) is 43.1 Å². The van der Waals surface area contributed by atoms with Crippen LogP contribution in [0.5, 0.6) is 0 Å². The predicted octanol–water partition coefficient (Wildman–Crippen LogP) is 3.60. The summed E-state index contributed by atoms with van der Waals surface area (Å²) in [4.78, 5) is 11.5. The molecule has 0 heterocycles. The second kappa shape index (κ2) is 5.20. The highest BCUT2D eigenvalue weighted by atomic mass is 16.1. The molecular formula is C14H29NO. The molecule has 0 bridgehead atoms. The van der Waals surface area contributed by atoms with Crippen molar-refractivity contribution in [1.29, 1.82) is 0 Å². The molecule has 0 aromatic heterocycles. The normalized spacial score (nSPS) is 15.2. The van der Waals surface area contributed by atoms with Crippen LogP contribution in [0.3, 0.4) is 0 Å². The molecule has 1 amide bonds. The van der Waals surface area contributed by atoms with Crippen LogP contribution in [0.25, 0.3) is 0 Å². The first-order valence-corrected chi connectivity index (χ1v) is 6.25. The van der Waals surface area contributed by atoms with Crippen LogP contribution >= 0.6 is 0 Å². The average molecular weight is 227 g/mol. The van der Waals surface area contributed by atoms with Crippen LogP contribution in [0.1, 0.15) is 61.3 Å². The van der Waals surface area contributed by atoms with Gasteiger partial charge in [-0.3, -0.25) is 4.79 Å². The molecule has 16 heavy (non-hydrogen) atoms. The van der Waals surface area contributed by atoms with E-state index in [4.69, 9.17) is 5.73 Å².